The Labute approximate surface area is 70.0 Å². The lowest BCUT2D eigenvalue weighted by Crippen LogP contribution is -2.25. The highest BCUT2D eigenvalue weighted by atomic mass is 16.4. The van der Waals surface area contributed by atoms with E-state index in [2.05, 4.69) is 0 Å². The third kappa shape index (κ3) is 1.65. The average Bonchev–Trinajstić information content (AvgIpc) is 2.53. The van der Waals surface area contributed by atoms with Crippen molar-refractivity contribution in [1.29, 1.82) is 0 Å². The average molecular weight is 169 g/mol. The van der Waals surface area contributed by atoms with Crippen molar-refractivity contribution in [3.63, 3.8) is 0 Å². The zero-order valence-corrected chi connectivity index (χ0v) is 6.73. The molecule has 4 heteroatoms. The minimum Gasteiger partial charge on any atom is -0.481 e. The summed E-state index contributed by atoms with van der Waals surface area (Å²) in [6.45, 7) is 1.55. The zero-order valence-electron chi connectivity index (χ0n) is 6.73. The van der Waals surface area contributed by atoms with Crippen LogP contribution in [0.1, 0.15) is 18.7 Å². The molecule has 1 rings (SSSR count). The fourth-order valence-electron chi connectivity index (χ4n) is 0.881. The van der Waals surface area contributed by atoms with Crippen molar-refractivity contribution in [2.45, 2.75) is 13.0 Å². The third-order valence-corrected chi connectivity index (χ3v) is 1.80. The summed E-state index contributed by atoms with van der Waals surface area (Å²) in [5, 5.41) is 8.63. The molecule has 0 saturated heterocycles. The van der Waals surface area contributed by atoms with Gasteiger partial charge in [0.15, 0.2) is 0 Å². The van der Waals surface area contributed by atoms with Crippen LogP contribution >= 0.6 is 0 Å². The van der Waals surface area contributed by atoms with E-state index in [1.807, 2.05) is 0 Å². The van der Waals surface area contributed by atoms with E-state index in [0.29, 0.717) is 5.76 Å². The second kappa shape index (κ2) is 3.40. The van der Waals surface area contributed by atoms with Crippen LogP contribution < -0.4 is 5.73 Å². The molecule has 0 aliphatic carbocycles. The fraction of sp³-hybridized carbons (Fsp3) is 0.375. The van der Waals surface area contributed by atoms with Crippen molar-refractivity contribution in [2.24, 2.45) is 11.7 Å². The van der Waals surface area contributed by atoms with E-state index >= 15 is 0 Å². The number of nitrogens with two attached hydrogens (primary N) is 1. The SMILES string of the molecule is C[C@@H](C(=O)O)[C@@H](N)c1ccco1. The van der Waals surface area contributed by atoms with Gasteiger partial charge < -0.3 is 15.3 Å². The molecule has 1 heterocycles. The Morgan fingerprint density at radius 3 is 2.83 bits per heavy atom. The van der Waals surface area contributed by atoms with Crippen molar-refractivity contribution in [1.82, 2.24) is 0 Å². The molecule has 66 valence electrons. The normalized spacial score (nSPS) is 15.5. The lowest BCUT2D eigenvalue weighted by atomic mass is 10.0. The van der Waals surface area contributed by atoms with E-state index < -0.39 is 17.9 Å². The van der Waals surface area contributed by atoms with Crippen LogP contribution in [0.2, 0.25) is 0 Å². The molecule has 0 aliphatic rings. The Bertz CT molecular complexity index is 255. The van der Waals surface area contributed by atoms with Gasteiger partial charge >= 0.3 is 5.97 Å². The monoisotopic (exact) mass is 169 g/mol. The number of carboxylic acid groups (broad SMARTS) is 1. The molecule has 0 unspecified atom stereocenters. The van der Waals surface area contributed by atoms with Crippen LogP contribution in [0.15, 0.2) is 22.8 Å². The number of furan rings is 1. The fourth-order valence-corrected chi connectivity index (χ4v) is 0.881. The maximum atomic E-state index is 10.5. The summed E-state index contributed by atoms with van der Waals surface area (Å²) in [6.07, 6.45) is 1.48. The van der Waals surface area contributed by atoms with Gasteiger partial charge in [0.2, 0.25) is 0 Å². The minimum absolute atomic E-state index is 0.505. The quantitative estimate of drug-likeness (QED) is 0.707. The first kappa shape index (κ1) is 8.80. The maximum Gasteiger partial charge on any atom is 0.308 e. The lowest BCUT2D eigenvalue weighted by Gasteiger charge is -2.12. The topological polar surface area (TPSA) is 76.5 Å². The minimum atomic E-state index is -0.918. The van der Waals surface area contributed by atoms with E-state index in [4.69, 9.17) is 15.3 Å². The largest absolute Gasteiger partial charge is 0.481 e. The maximum absolute atomic E-state index is 10.5. The van der Waals surface area contributed by atoms with Crippen LogP contribution in [-0.4, -0.2) is 11.1 Å². The molecular formula is C8H11NO3. The summed E-state index contributed by atoms with van der Waals surface area (Å²) in [6, 6.07) is 2.78. The lowest BCUT2D eigenvalue weighted by molar-refractivity contribution is -0.142. The summed E-state index contributed by atoms with van der Waals surface area (Å²) in [5.74, 6) is -1.04. The zero-order chi connectivity index (χ0) is 9.14. The van der Waals surface area contributed by atoms with Gasteiger partial charge in [-0.2, -0.15) is 0 Å². The van der Waals surface area contributed by atoms with Gasteiger partial charge in [-0.25, -0.2) is 0 Å². The van der Waals surface area contributed by atoms with Crippen LogP contribution in [0.5, 0.6) is 0 Å². The summed E-state index contributed by atoms with van der Waals surface area (Å²) in [7, 11) is 0. The number of carbonyl (C=O) groups is 1. The third-order valence-electron chi connectivity index (χ3n) is 1.80. The van der Waals surface area contributed by atoms with Crippen molar-refractivity contribution >= 4 is 5.97 Å². The summed E-state index contributed by atoms with van der Waals surface area (Å²) in [5.41, 5.74) is 5.61. The highest BCUT2D eigenvalue weighted by Crippen LogP contribution is 2.19. The number of hydrogen-bond donors (Lipinski definition) is 2. The van der Waals surface area contributed by atoms with Crippen LogP contribution in [-0.2, 0) is 4.79 Å². The molecule has 0 amide bonds. The molecule has 0 bridgehead atoms. The molecule has 0 saturated carbocycles. The molecule has 2 atom stereocenters. The van der Waals surface area contributed by atoms with E-state index in [1.54, 1.807) is 19.1 Å². The van der Waals surface area contributed by atoms with Crippen LogP contribution in [0.3, 0.4) is 0 Å². The Hall–Kier alpha value is -1.29. The Kier molecular flexibility index (Phi) is 2.50. The molecule has 3 N–H and O–H groups in total. The standard InChI is InChI=1S/C8H11NO3/c1-5(8(10)11)7(9)6-3-2-4-12-6/h2-5,7H,9H2,1H3,(H,10,11)/t5-,7-/m1/s1. The van der Waals surface area contributed by atoms with Gasteiger partial charge in [0, 0.05) is 0 Å². The molecule has 0 spiro atoms. The Morgan fingerprint density at radius 2 is 2.42 bits per heavy atom. The van der Waals surface area contributed by atoms with Gasteiger partial charge in [0.1, 0.15) is 5.76 Å². The van der Waals surface area contributed by atoms with Gasteiger partial charge in [0.05, 0.1) is 18.2 Å². The van der Waals surface area contributed by atoms with Crippen LogP contribution in [0.25, 0.3) is 0 Å². The molecule has 4 nitrogen and oxygen atoms in total. The number of carboxylic acids is 1. The second-order valence-corrected chi connectivity index (χ2v) is 2.67. The Balaban J connectivity index is 2.71. The van der Waals surface area contributed by atoms with Crippen LogP contribution in [0, 0.1) is 5.92 Å². The highest BCUT2D eigenvalue weighted by Gasteiger charge is 2.23. The number of rotatable bonds is 3. The van der Waals surface area contributed by atoms with E-state index in [0.717, 1.165) is 0 Å². The second-order valence-electron chi connectivity index (χ2n) is 2.67. The van der Waals surface area contributed by atoms with E-state index in [1.165, 1.54) is 6.26 Å². The van der Waals surface area contributed by atoms with Gasteiger partial charge in [-0.3, -0.25) is 4.79 Å². The van der Waals surface area contributed by atoms with Crippen molar-refractivity contribution < 1.29 is 14.3 Å². The first-order valence-corrected chi connectivity index (χ1v) is 3.64. The number of hydrogen-bond acceptors (Lipinski definition) is 3. The van der Waals surface area contributed by atoms with Gasteiger partial charge in [-0.05, 0) is 19.1 Å². The van der Waals surface area contributed by atoms with E-state index in [9.17, 15) is 4.79 Å². The van der Waals surface area contributed by atoms with Gasteiger partial charge in [-0.1, -0.05) is 0 Å². The summed E-state index contributed by atoms with van der Waals surface area (Å²) in [4.78, 5) is 10.5. The molecule has 0 aliphatic heterocycles. The van der Waals surface area contributed by atoms with Crippen LogP contribution in [0.4, 0.5) is 0 Å². The summed E-state index contributed by atoms with van der Waals surface area (Å²) < 4.78 is 4.98. The smallest absolute Gasteiger partial charge is 0.308 e. The molecule has 0 aromatic carbocycles. The van der Waals surface area contributed by atoms with Crippen molar-refractivity contribution in [2.75, 3.05) is 0 Å². The molecule has 0 radical (unpaired) electrons. The summed E-state index contributed by atoms with van der Waals surface area (Å²) >= 11 is 0. The molecule has 12 heavy (non-hydrogen) atoms. The number of aliphatic carboxylic acids is 1. The predicted octanol–water partition coefficient (Wildman–Crippen LogP) is 1.00. The van der Waals surface area contributed by atoms with E-state index in [-0.39, 0.29) is 0 Å². The van der Waals surface area contributed by atoms with Gasteiger partial charge in [-0.15, -0.1) is 0 Å². The molecular weight excluding hydrogens is 158 g/mol. The first-order valence-electron chi connectivity index (χ1n) is 3.64. The molecule has 1 aromatic heterocycles. The molecule has 1 aromatic rings. The predicted molar refractivity (Wildman–Crippen MR) is 42.4 cm³/mol. The molecule has 0 fully saturated rings. The highest BCUT2D eigenvalue weighted by molar-refractivity contribution is 5.70. The first-order chi connectivity index (χ1) is 5.63. The Morgan fingerprint density at radius 1 is 1.75 bits per heavy atom. The van der Waals surface area contributed by atoms with Gasteiger partial charge in [0.25, 0.3) is 0 Å². The van der Waals surface area contributed by atoms with Crippen molar-refractivity contribution in [3.8, 4) is 0 Å². The van der Waals surface area contributed by atoms with Crippen molar-refractivity contribution in [3.05, 3.63) is 24.2 Å².